The van der Waals surface area contributed by atoms with Crippen LogP contribution in [0.2, 0.25) is 5.02 Å². The molecule has 0 aliphatic rings. The molecule has 1 unspecified atom stereocenters. The van der Waals surface area contributed by atoms with Gasteiger partial charge in [-0.2, -0.15) is 4.91 Å². The molecule has 0 amide bonds. The number of halogens is 1. The zero-order chi connectivity index (χ0) is 18.2. The largest absolute Gasteiger partial charge is 0.460 e. The number of hydrogen-bond donors (Lipinski definition) is 1. The molecule has 1 aromatic heterocycles. The number of ether oxygens (including phenoxy) is 1. The number of carbonyl (C=O) groups is 1. The van der Waals surface area contributed by atoms with Crippen molar-refractivity contribution in [3.05, 3.63) is 72.9 Å². The number of esters is 1. The molecular formula is C16H16ClN3O5. The van der Waals surface area contributed by atoms with Crippen molar-refractivity contribution in [2.45, 2.75) is 25.4 Å². The van der Waals surface area contributed by atoms with Crippen molar-refractivity contribution in [1.29, 1.82) is 0 Å². The van der Waals surface area contributed by atoms with E-state index in [1.165, 1.54) is 22.9 Å². The molecule has 9 heteroatoms. The lowest BCUT2D eigenvalue weighted by Crippen LogP contribution is -2.29. The van der Waals surface area contributed by atoms with Gasteiger partial charge in [-0.25, -0.2) is 9.59 Å². The zero-order valence-corrected chi connectivity index (χ0v) is 13.9. The third-order valence-electron chi connectivity index (χ3n) is 3.45. The summed E-state index contributed by atoms with van der Waals surface area (Å²) in [6.45, 7) is 0.152. The van der Waals surface area contributed by atoms with Crippen molar-refractivity contribution >= 4 is 17.6 Å². The van der Waals surface area contributed by atoms with Crippen molar-refractivity contribution in [1.82, 2.24) is 9.55 Å². The van der Waals surface area contributed by atoms with Crippen molar-refractivity contribution in [2.75, 3.05) is 6.61 Å². The third kappa shape index (κ3) is 5.68. The number of rotatable bonds is 8. The van der Waals surface area contributed by atoms with Gasteiger partial charge in [-0.3, -0.25) is 9.78 Å². The van der Waals surface area contributed by atoms with Crippen LogP contribution in [-0.2, 0) is 11.3 Å². The standard InChI is InChI=1S/C16H16ClN3O5/c17-12-4-1-3-11(9-12)15(22)25-10-13(19-24)5-2-7-20-8-6-14(21)18-16(20)23/h1,3-4,6,8-9,13H,2,5,7,10H2,(H,18,21,23). The second-order valence-electron chi connectivity index (χ2n) is 5.31. The van der Waals surface area contributed by atoms with Gasteiger partial charge in [0, 0.05) is 23.8 Å². The fraction of sp³-hybridized carbons (Fsp3) is 0.312. The second-order valence-corrected chi connectivity index (χ2v) is 5.75. The van der Waals surface area contributed by atoms with Gasteiger partial charge in [0.1, 0.15) is 12.6 Å². The molecule has 25 heavy (non-hydrogen) atoms. The maximum atomic E-state index is 11.9. The molecule has 8 nitrogen and oxygen atoms in total. The minimum atomic E-state index is -0.721. The molecule has 1 heterocycles. The van der Waals surface area contributed by atoms with Gasteiger partial charge in [0.15, 0.2) is 0 Å². The molecule has 0 spiro atoms. The van der Waals surface area contributed by atoms with E-state index in [1.807, 2.05) is 0 Å². The summed E-state index contributed by atoms with van der Waals surface area (Å²) in [4.78, 5) is 47.4. The van der Waals surface area contributed by atoms with Crippen LogP contribution in [-0.4, -0.2) is 28.2 Å². The molecule has 0 aliphatic carbocycles. The number of hydrogen-bond acceptors (Lipinski definition) is 6. The van der Waals surface area contributed by atoms with E-state index >= 15 is 0 Å². The first kappa shape index (κ1) is 18.6. The van der Waals surface area contributed by atoms with Gasteiger partial charge < -0.3 is 9.30 Å². The highest BCUT2D eigenvalue weighted by Crippen LogP contribution is 2.12. The number of nitrogens with zero attached hydrogens (tertiary/aromatic N) is 2. The first-order valence-corrected chi connectivity index (χ1v) is 7.92. The number of carbonyl (C=O) groups excluding carboxylic acids is 1. The maximum absolute atomic E-state index is 11.9. The number of nitrogens with one attached hydrogen (secondary N) is 1. The highest BCUT2D eigenvalue weighted by atomic mass is 35.5. The van der Waals surface area contributed by atoms with Crippen LogP contribution in [0.15, 0.2) is 51.3 Å². The second kappa shape index (κ2) is 8.93. The average molecular weight is 366 g/mol. The predicted molar refractivity (Wildman–Crippen MR) is 91.9 cm³/mol. The highest BCUT2D eigenvalue weighted by molar-refractivity contribution is 6.30. The summed E-state index contributed by atoms with van der Waals surface area (Å²) >= 11 is 5.80. The van der Waals surface area contributed by atoms with E-state index in [-0.39, 0.29) is 12.2 Å². The highest BCUT2D eigenvalue weighted by Gasteiger charge is 2.14. The summed E-state index contributed by atoms with van der Waals surface area (Å²) in [7, 11) is 0. The molecule has 0 saturated carbocycles. The Morgan fingerprint density at radius 3 is 2.80 bits per heavy atom. The minimum Gasteiger partial charge on any atom is -0.460 e. The lowest BCUT2D eigenvalue weighted by atomic mass is 10.2. The maximum Gasteiger partial charge on any atom is 0.338 e. The van der Waals surface area contributed by atoms with Gasteiger partial charge in [0.05, 0.1) is 5.56 Å². The van der Waals surface area contributed by atoms with E-state index in [0.717, 1.165) is 0 Å². The zero-order valence-electron chi connectivity index (χ0n) is 13.2. The molecule has 1 aromatic carbocycles. The van der Waals surface area contributed by atoms with Gasteiger partial charge in [0.2, 0.25) is 0 Å². The first-order chi connectivity index (χ1) is 12.0. The van der Waals surface area contributed by atoms with E-state index in [1.54, 1.807) is 18.2 Å². The molecule has 0 aliphatic heterocycles. The lowest BCUT2D eigenvalue weighted by molar-refractivity contribution is 0.0477. The number of aromatic nitrogens is 2. The molecule has 1 atom stereocenters. The molecule has 0 radical (unpaired) electrons. The lowest BCUT2D eigenvalue weighted by Gasteiger charge is -2.11. The summed E-state index contributed by atoms with van der Waals surface area (Å²) in [6, 6.07) is 6.80. The number of aromatic amines is 1. The first-order valence-electron chi connectivity index (χ1n) is 7.54. The smallest absolute Gasteiger partial charge is 0.338 e. The van der Waals surface area contributed by atoms with Gasteiger partial charge in [-0.15, -0.1) is 0 Å². The van der Waals surface area contributed by atoms with Gasteiger partial charge in [-0.05, 0) is 31.0 Å². The van der Waals surface area contributed by atoms with E-state index in [4.69, 9.17) is 16.3 Å². The Morgan fingerprint density at radius 2 is 2.12 bits per heavy atom. The monoisotopic (exact) mass is 365 g/mol. The number of nitroso groups, excluding NO2 is 1. The Hall–Kier alpha value is -2.74. The summed E-state index contributed by atoms with van der Waals surface area (Å²) in [6.07, 6.45) is 2.17. The van der Waals surface area contributed by atoms with Crippen molar-refractivity contribution < 1.29 is 9.53 Å². The molecule has 2 aromatic rings. The van der Waals surface area contributed by atoms with E-state index < -0.39 is 23.3 Å². The molecule has 1 N–H and O–H groups in total. The van der Waals surface area contributed by atoms with Crippen LogP contribution in [0, 0.1) is 4.91 Å². The average Bonchev–Trinajstić information content (AvgIpc) is 2.59. The number of H-pyrrole nitrogens is 1. The van der Waals surface area contributed by atoms with Crippen LogP contribution in [0.1, 0.15) is 23.2 Å². The topological polar surface area (TPSA) is 111 Å². The fourth-order valence-electron chi connectivity index (χ4n) is 2.15. The predicted octanol–water partition coefficient (Wildman–Crippen LogP) is 1.96. The van der Waals surface area contributed by atoms with Crippen LogP contribution < -0.4 is 11.2 Å². The van der Waals surface area contributed by atoms with E-state index in [9.17, 15) is 19.3 Å². The number of aryl methyl sites for hydroxylation is 1. The molecule has 0 bridgehead atoms. The number of benzene rings is 1. The summed E-state index contributed by atoms with van der Waals surface area (Å²) in [5, 5.41) is 3.35. The Morgan fingerprint density at radius 1 is 1.32 bits per heavy atom. The van der Waals surface area contributed by atoms with Crippen LogP contribution >= 0.6 is 11.6 Å². The van der Waals surface area contributed by atoms with Gasteiger partial charge >= 0.3 is 11.7 Å². The van der Waals surface area contributed by atoms with Gasteiger partial charge in [0.25, 0.3) is 5.56 Å². The van der Waals surface area contributed by atoms with Crippen molar-refractivity contribution in [3.63, 3.8) is 0 Å². The van der Waals surface area contributed by atoms with Crippen molar-refractivity contribution in [3.8, 4) is 0 Å². The molecule has 132 valence electrons. The fourth-order valence-corrected chi connectivity index (χ4v) is 2.34. The molecular weight excluding hydrogens is 350 g/mol. The Labute approximate surface area is 147 Å². The van der Waals surface area contributed by atoms with Crippen LogP contribution in [0.3, 0.4) is 0 Å². The minimum absolute atomic E-state index is 0.157. The normalized spacial score (nSPS) is 11.7. The Balaban J connectivity index is 1.82. The van der Waals surface area contributed by atoms with E-state index in [2.05, 4.69) is 10.2 Å². The molecule has 0 fully saturated rings. The Kier molecular flexibility index (Phi) is 6.64. The van der Waals surface area contributed by atoms with Crippen LogP contribution in [0.4, 0.5) is 0 Å². The van der Waals surface area contributed by atoms with E-state index in [0.29, 0.717) is 24.4 Å². The van der Waals surface area contributed by atoms with Crippen molar-refractivity contribution in [2.24, 2.45) is 5.18 Å². The van der Waals surface area contributed by atoms with Crippen LogP contribution in [0.25, 0.3) is 0 Å². The summed E-state index contributed by atoms with van der Waals surface area (Å²) < 4.78 is 6.39. The van der Waals surface area contributed by atoms with Crippen LogP contribution in [0.5, 0.6) is 0 Å². The SMILES string of the molecule is O=NC(CCCn1ccc(=O)[nH]c1=O)COC(=O)c1cccc(Cl)c1. The summed E-state index contributed by atoms with van der Waals surface area (Å²) in [5.41, 5.74) is -0.700. The molecule has 0 saturated heterocycles. The third-order valence-corrected chi connectivity index (χ3v) is 3.68. The quantitative estimate of drug-likeness (QED) is 0.568. The Bertz CT molecular complexity index is 861. The van der Waals surface area contributed by atoms with Gasteiger partial charge in [-0.1, -0.05) is 22.8 Å². The molecule has 2 rings (SSSR count). The summed E-state index contributed by atoms with van der Waals surface area (Å²) in [5.74, 6) is -0.590.